The van der Waals surface area contributed by atoms with Crippen molar-refractivity contribution in [1.82, 2.24) is 10.6 Å². The smallest absolute Gasteiger partial charge is 0.238 e. The van der Waals surface area contributed by atoms with Gasteiger partial charge in [-0.1, -0.05) is 0 Å². The Morgan fingerprint density at radius 3 is 3.50 bits per heavy atom. The summed E-state index contributed by atoms with van der Waals surface area (Å²) in [5, 5.41) is 5.67. The minimum absolute atomic E-state index is 0.00213. The molecule has 52 valence electrons. The third kappa shape index (κ3) is 0.733. The van der Waals surface area contributed by atoms with Crippen molar-refractivity contribution in [3.05, 3.63) is 11.8 Å². The number of nitrogens with zero attached hydrogens (tertiary/aromatic N) is 1. The highest BCUT2D eigenvalue weighted by Crippen LogP contribution is 2.07. The molecule has 10 heavy (non-hydrogen) atoms. The summed E-state index contributed by atoms with van der Waals surface area (Å²) in [4.78, 5) is 14.8. The lowest BCUT2D eigenvalue weighted by Gasteiger charge is -2.20. The Morgan fingerprint density at radius 1 is 1.70 bits per heavy atom. The average Bonchev–Trinajstić information content (AvgIpc) is 2.33. The lowest BCUT2D eigenvalue weighted by molar-refractivity contribution is -0.120. The van der Waals surface area contributed by atoms with Crippen molar-refractivity contribution in [3.8, 4) is 0 Å². The van der Waals surface area contributed by atoms with Crippen LogP contribution in [0.15, 0.2) is 16.8 Å². The Labute approximate surface area is 58.0 Å². The van der Waals surface area contributed by atoms with Gasteiger partial charge < -0.3 is 5.32 Å². The lowest BCUT2D eigenvalue weighted by Crippen LogP contribution is -2.48. The SMILES string of the molecule is O=C1CNC2N=CC=C2N1. The molecule has 2 rings (SSSR count). The Kier molecular flexibility index (Phi) is 1.07. The van der Waals surface area contributed by atoms with Gasteiger partial charge in [-0.2, -0.15) is 0 Å². The predicted octanol–water partition coefficient (Wildman–Crippen LogP) is -1.000. The first-order valence-corrected chi connectivity index (χ1v) is 3.13. The van der Waals surface area contributed by atoms with E-state index < -0.39 is 0 Å². The molecule has 4 heteroatoms. The molecule has 0 aliphatic carbocycles. The molecular weight excluding hydrogens is 130 g/mol. The molecule has 2 heterocycles. The molecule has 0 aromatic carbocycles. The fourth-order valence-corrected chi connectivity index (χ4v) is 1.05. The molecule has 1 unspecified atom stereocenters. The van der Waals surface area contributed by atoms with Gasteiger partial charge in [0, 0.05) is 6.21 Å². The molecular formula is C6H7N3O. The molecule has 1 fully saturated rings. The van der Waals surface area contributed by atoms with Gasteiger partial charge in [-0.05, 0) is 6.08 Å². The van der Waals surface area contributed by atoms with Crippen LogP contribution in [0.2, 0.25) is 0 Å². The van der Waals surface area contributed by atoms with Gasteiger partial charge >= 0.3 is 0 Å². The fraction of sp³-hybridized carbons (Fsp3) is 0.333. The molecule has 0 aromatic heterocycles. The van der Waals surface area contributed by atoms with E-state index >= 15 is 0 Å². The van der Waals surface area contributed by atoms with E-state index in [0.29, 0.717) is 6.54 Å². The van der Waals surface area contributed by atoms with Gasteiger partial charge in [0.1, 0.15) is 6.17 Å². The Hall–Kier alpha value is -1.16. The maximum Gasteiger partial charge on any atom is 0.238 e. The minimum atomic E-state index is -0.00213. The number of hydrogen-bond acceptors (Lipinski definition) is 3. The molecule has 1 saturated heterocycles. The molecule has 0 bridgehead atoms. The van der Waals surface area contributed by atoms with Crippen molar-refractivity contribution in [1.29, 1.82) is 0 Å². The monoisotopic (exact) mass is 137 g/mol. The summed E-state index contributed by atoms with van der Waals surface area (Å²) in [7, 11) is 0. The quantitative estimate of drug-likeness (QED) is 0.450. The Morgan fingerprint density at radius 2 is 2.60 bits per heavy atom. The molecule has 2 aliphatic rings. The summed E-state index contributed by atoms with van der Waals surface area (Å²) in [5.41, 5.74) is 0.858. The van der Waals surface area contributed by atoms with Crippen LogP contribution in [0.1, 0.15) is 0 Å². The van der Waals surface area contributed by atoms with E-state index in [1.165, 1.54) is 0 Å². The third-order valence-corrected chi connectivity index (χ3v) is 1.52. The van der Waals surface area contributed by atoms with E-state index in [4.69, 9.17) is 0 Å². The van der Waals surface area contributed by atoms with E-state index in [-0.39, 0.29) is 12.1 Å². The molecule has 1 amide bonds. The van der Waals surface area contributed by atoms with Crippen LogP contribution in [0.4, 0.5) is 0 Å². The maximum atomic E-state index is 10.7. The molecule has 2 aliphatic heterocycles. The minimum Gasteiger partial charge on any atom is -0.325 e. The highest BCUT2D eigenvalue weighted by molar-refractivity contribution is 5.85. The van der Waals surface area contributed by atoms with Crippen molar-refractivity contribution in [2.75, 3.05) is 6.54 Å². The number of amides is 1. The summed E-state index contributed by atoms with van der Waals surface area (Å²) >= 11 is 0. The number of hydrogen-bond donors (Lipinski definition) is 2. The summed E-state index contributed by atoms with van der Waals surface area (Å²) in [6.07, 6.45) is 3.49. The number of fused-ring (bicyclic) bond motifs is 1. The zero-order valence-electron chi connectivity index (χ0n) is 5.29. The first-order valence-electron chi connectivity index (χ1n) is 3.13. The van der Waals surface area contributed by atoms with Gasteiger partial charge in [-0.15, -0.1) is 0 Å². The average molecular weight is 137 g/mol. The highest BCUT2D eigenvalue weighted by atomic mass is 16.2. The number of aliphatic imine (C=N–C) groups is 1. The summed E-state index contributed by atoms with van der Waals surface area (Å²) in [6, 6.07) is 0. The summed E-state index contributed by atoms with van der Waals surface area (Å²) in [5.74, 6) is 0.00741. The van der Waals surface area contributed by atoms with Crippen LogP contribution in [0, 0.1) is 0 Å². The van der Waals surface area contributed by atoms with Gasteiger partial charge in [0.05, 0.1) is 12.2 Å². The largest absolute Gasteiger partial charge is 0.325 e. The summed E-state index contributed by atoms with van der Waals surface area (Å²) < 4.78 is 0. The second-order valence-electron chi connectivity index (χ2n) is 2.25. The van der Waals surface area contributed by atoms with E-state index in [1.54, 1.807) is 12.3 Å². The normalized spacial score (nSPS) is 29.4. The molecule has 0 aromatic rings. The van der Waals surface area contributed by atoms with E-state index in [9.17, 15) is 4.79 Å². The van der Waals surface area contributed by atoms with Crippen molar-refractivity contribution in [2.24, 2.45) is 4.99 Å². The molecule has 0 saturated carbocycles. The van der Waals surface area contributed by atoms with Gasteiger partial charge in [-0.25, -0.2) is 0 Å². The summed E-state index contributed by atoms with van der Waals surface area (Å²) in [6.45, 7) is 0.360. The van der Waals surface area contributed by atoms with Crippen LogP contribution in [-0.4, -0.2) is 24.8 Å². The molecule has 2 N–H and O–H groups in total. The van der Waals surface area contributed by atoms with E-state index in [0.717, 1.165) is 5.70 Å². The van der Waals surface area contributed by atoms with Gasteiger partial charge in [0.25, 0.3) is 0 Å². The van der Waals surface area contributed by atoms with Crippen molar-refractivity contribution < 1.29 is 4.79 Å². The lowest BCUT2D eigenvalue weighted by atomic mass is 10.3. The number of allylic oxidation sites excluding steroid dienone is 1. The van der Waals surface area contributed by atoms with Crippen LogP contribution in [0.3, 0.4) is 0 Å². The number of piperazine rings is 1. The second-order valence-corrected chi connectivity index (χ2v) is 2.25. The molecule has 0 radical (unpaired) electrons. The van der Waals surface area contributed by atoms with Crippen molar-refractivity contribution in [2.45, 2.75) is 6.17 Å². The van der Waals surface area contributed by atoms with Gasteiger partial charge in [0.2, 0.25) is 5.91 Å². The van der Waals surface area contributed by atoms with Crippen molar-refractivity contribution in [3.63, 3.8) is 0 Å². The maximum absolute atomic E-state index is 10.7. The number of carbonyl (C=O) groups is 1. The first-order chi connectivity index (χ1) is 4.86. The predicted molar refractivity (Wildman–Crippen MR) is 36.5 cm³/mol. The molecule has 4 nitrogen and oxygen atoms in total. The molecule has 1 atom stereocenters. The number of rotatable bonds is 0. The van der Waals surface area contributed by atoms with Crippen LogP contribution in [0.5, 0.6) is 0 Å². The van der Waals surface area contributed by atoms with E-state index in [1.807, 2.05) is 0 Å². The van der Waals surface area contributed by atoms with Crippen LogP contribution < -0.4 is 10.6 Å². The first kappa shape index (κ1) is 5.61. The Bertz CT molecular complexity index is 231. The van der Waals surface area contributed by atoms with Crippen LogP contribution >= 0.6 is 0 Å². The van der Waals surface area contributed by atoms with E-state index in [2.05, 4.69) is 15.6 Å². The van der Waals surface area contributed by atoms with Crippen LogP contribution in [-0.2, 0) is 4.79 Å². The second kappa shape index (κ2) is 1.91. The number of carbonyl (C=O) groups excluding carboxylic acids is 1. The zero-order chi connectivity index (χ0) is 6.97. The highest BCUT2D eigenvalue weighted by Gasteiger charge is 2.22. The third-order valence-electron chi connectivity index (χ3n) is 1.52. The molecule has 0 spiro atoms. The van der Waals surface area contributed by atoms with Crippen molar-refractivity contribution >= 4 is 12.1 Å². The van der Waals surface area contributed by atoms with Crippen LogP contribution in [0.25, 0.3) is 0 Å². The standard InChI is InChI=1S/C6H7N3O/c10-5-3-8-6-4(9-5)1-2-7-6/h1-2,6,8H,3H2,(H,9,10). The van der Waals surface area contributed by atoms with Gasteiger partial charge in [-0.3, -0.25) is 15.1 Å². The number of nitrogens with one attached hydrogen (secondary N) is 2. The fourth-order valence-electron chi connectivity index (χ4n) is 1.05. The Balaban J connectivity index is 2.19. The van der Waals surface area contributed by atoms with Gasteiger partial charge in [0.15, 0.2) is 0 Å². The topological polar surface area (TPSA) is 53.5 Å². The zero-order valence-corrected chi connectivity index (χ0v) is 5.29.